The fourth-order valence-electron chi connectivity index (χ4n) is 4.85. The van der Waals surface area contributed by atoms with E-state index in [9.17, 15) is 9.18 Å². The topological polar surface area (TPSA) is 105 Å². The van der Waals surface area contributed by atoms with Crippen molar-refractivity contribution in [1.82, 2.24) is 25.3 Å². The molecule has 0 bridgehead atoms. The van der Waals surface area contributed by atoms with Gasteiger partial charge in [0.1, 0.15) is 5.82 Å². The van der Waals surface area contributed by atoms with Crippen LogP contribution in [0.4, 0.5) is 10.3 Å². The van der Waals surface area contributed by atoms with E-state index in [4.69, 9.17) is 19.4 Å². The van der Waals surface area contributed by atoms with E-state index in [2.05, 4.69) is 20.2 Å². The zero-order valence-corrected chi connectivity index (χ0v) is 23.1. The molecule has 1 aliphatic carbocycles. The van der Waals surface area contributed by atoms with E-state index in [1.54, 1.807) is 18.3 Å². The first-order valence-electron chi connectivity index (χ1n) is 13.8. The van der Waals surface area contributed by atoms with Gasteiger partial charge in [-0.2, -0.15) is 0 Å². The normalized spacial score (nSPS) is 20.5. The number of aromatic amines is 1. The third-order valence-electron chi connectivity index (χ3n) is 7.46. The lowest BCUT2D eigenvalue weighted by Gasteiger charge is -2.36. The molecular weight excluding hydrogens is 523 g/mol. The Morgan fingerprint density at radius 3 is 2.51 bits per heavy atom. The van der Waals surface area contributed by atoms with Crippen LogP contribution < -0.4 is 10.2 Å². The maximum absolute atomic E-state index is 13.7. The number of imidazole rings is 1. The molecule has 2 aromatic carbocycles. The Balaban J connectivity index is 1.18. The number of amides is 1. The highest BCUT2D eigenvalue weighted by molar-refractivity contribution is 5.78. The van der Waals surface area contributed by atoms with Crippen LogP contribution in [0.25, 0.3) is 22.6 Å². The van der Waals surface area contributed by atoms with Gasteiger partial charge in [-0.1, -0.05) is 37.3 Å². The summed E-state index contributed by atoms with van der Waals surface area (Å²) in [7, 11) is 2.00. The van der Waals surface area contributed by atoms with Gasteiger partial charge < -0.3 is 24.7 Å². The van der Waals surface area contributed by atoms with Gasteiger partial charge in [0.05, 0.1) is 36.7 Å². The number of carbonyl (C=O) groups excluding carboxylic acids is 1. The monoisotopic (exact) mass is 556 g/mol. The Morgan fingerprint density at radius 2 is 1.80 bits per heavy atom. The largest absolute Gasteiger partial charge is 0.355 e. The lowest BCUT2D eigenvalue weighted by atomic mass is 9.92. The van der Waals surface area contributed by atoms with Gasteiger partial charge in [-0.15, -0.1) is 0 Å². The van der Waals surface area contributed by atoms with Gasteiger partial charge in [-0.25, -0.2) is 19.3 Å². The van der Waals surface area contributed by atoms with Crippen molar-refractivity contribution in [2.24, 2.45) is 5.41 Å². The average Bonchev–Trinajstić information content (AvgIpc) is 3.75. The van der Waals surface area contributed by atoms with Crippen molar-refractivity contribution in [1.29, 1.82) is 0 Å². The molecule has 10 heteroatoms. The van der Waals surface area contributed by atoms with Crippen LogP contribution in [0.2, 0.25) is 0 Å². The number of rotatable bonds is 9. The highest BCUT2D eigenvalue weighted by Gasteiger charge is 2.36. The molecule has 0 atom stereocenters. The van der Waals surface area contributed by atoms with Crippen LogP contribution >= 0.6 is 0 Å². The van der Waals surface area contributed by atoms with Crippen molar-refractivity contribution in [3.05, 3.63) is 84.1 Å². The van der Waals surface area contributed by atoms with Crippen LogP contribution in [0.3, 0.4) is 0 Å². The van der Waals surface area contributed by atoms with E-state index in [0.717, 1.165) is 24.0 Å². The zero-order chi connectivity index (χ0) is 28.4. The van der Waals surface area contributed by atoms with E-state index in [1.807, 2.05) is 50.4 Å². The van der Waals surface area contributed by atoms with Crippen LogP contribution in [0.15, 0.2) is 66.9 Å². The van der Waals surface area contributed by atoms with Crippen molar-refractivity contribution in [3.8, 4) is 22.6 Å². The fraction of sp³-hybridized carbons (Fsp3) is 0.355. The summed E-state index contributed by atoms with van der Waals surface area (Å²) in [6.07, 6.45) is 3.59. The second-order valence-corrected chi connectivity index (χ2v) is 11.1. The second kappa shape index (κ2) is 11.4. The van der Waals surface area contributed by atoms with Crippen molar-refractivity contribution < 1.29 is 18.7 Å². The summed E-state index contributed by atoms with van der Waals surface area (Å²) in [6, 6.07) is 18.1. The van der Waals surface area contributed by atoms with Crippen LogP contribution in [-0.2, 0) is 20.7 Å². The summed E-state index contributed by atoms with van der Waals surface area (Å²) in [6.45, 7) is 3.18. The number of aromatic nitrogens is 4. The van der Waals surface area contributed by atoms with Gasteiger partial charge in [0.2, 0.25) is 18.1 Å². The lowest BCUT2D eigenvalue weighted by molar-refractivity contribution is -0.232. The van der Waals surface area contributed by atoms with Gasteiger partial charge in [0.25, 0.3) is 0 Å². The van der Waals surface area contributed by atoms with Crippen LogP contribution in [-0.4, -0.2) is 58.7 Å². The van der Waals surface area contributed by atoms with E-state index >= 15 is 0 Å². The Hall–Kier alpha value is -4.15. The van der Waals surface area contributed by atoms with E-state index < -0.39 is 11.7 Å². The average molecular weight is 557 g/mol. The van der Waals surface area contributed by atoms with E-state index in [-0.39, 0.29) is 11.7 Å². The molecule has 41 heavy (non-hydrogen) atoms. The van der Waals surface area contributed by atoms with Gasteiger partial charge in [0, 0.05) is 36.8 Å². The summed E-state index contributed by atoms with van der Waals surface area (Å²) in [5, 5.41) is 3.01. The third kappa shape index (κ3) is 6.28. The molecule has 1 aliphatic heterocycles. The number of hydrogen-bond donors (Lipinski definition) is 2. The molecule has 0 spiro atoms. The molecule has 2 aliphatic rings. The van der Waals surface area contributed by atoms with Crippen LogP contribution in [0, 0.1) is 11.2 Å². The Morgan fingerprint density at radius 1 is 1.07 bits per heavy atom. The predicted molar refractivity (Wildman–Crippen MR) is 152 cm³/mol. The van der Waals surface area contributed by atoms with Crippen molar-refractivity contribution in [2.45, 2.75) is 38.5 Å². The fourth-order valence-corrected chi connectivity index (χ4v) is 4.85. The Bertz CT molecular complexity index is 1500. The first-order valence-corrected chi connectivity index (χ1v) is 13.8. The summed E-state index contributed by atoms with van der Waals surface area (Å²) in [4.78, 5) is 32.0. The number of anilines is 1. The number of H-pyrrole nitrogens is 1. The van der Waals surface area contributed by atoms with Gasteiger partial charge in [-0.3, -0.25) is 4.79 Å². The minimum absolute atomic E-state index is 0.0456. The molecule has 1 amide bonds. The molecule has 4 aromatic rings. The Kier molecular flexibility index (Phi) is 7.51. The smallest absolute Gasteiger partial charge is 0.225 e. The standard InChI is InChI=1S/C31H33FN6O3/c1-31(17-34-25(39)16-20-6-4-3-5-7-20)18-40-29(41-19-31)28-36-26(21-8-10-22(32)11-9-21)27(37-28)24-14-15-33-30(35-24)38(2)23-12-13-23/h3-11,14-15,23,29H,12-13,16-19H2,1-2H3,(H,34,39)(H,36,37). The van der Waals surface area contributed by atoms with Gasteiger partial charge in [-0.05, 0) is 48.7 Å². The van der Waals surface area contributed by atoms with Crippen LogP contribution in [0.5, 0.6) is 0 Å². The first kappa shape index (κ1) is 27.0. The van der Waals surface area contributed by atoms with E-state index in [1.165, 1.54) is 12.1 Å². The number of nitrogens with one attached hydrogen (secondary N) is 2. The summed E-state index contributed by atoms with van der Waals surface area (Å²) in [5.41, 5.74) is 3.27. The first-order chi connectivity index (χ1) is 19.9. The minimum Gasteiger partial charge on any atom is -0.355 e. The number of nitrogens with zero attached hydrogens (tertiary/aromatic N) is 4. The number of ether oxygens (including phenoxy) is 2. The lowest BCUT2D eigenvalue weighted by Crippen LogP contribution is -2.45. The molecule has 2 N–H and O–H groups in total. The molecule has 1 saturated carbocycles. The predicted octanol–water partition coefficient (Wildman–Crippen LogP) is 4.68. The second-order valence-electron chi connectivity index (χ2n) is 11.1. The Labute approximate surface area is 238 Å². The van der Waals surface area contributed by atoms with E-state index in [0.29, 0.717) is 61.1 Å². The molecule has 1 saturated heterocycles. The number of carbonyl (C=O) groups is 1. The molecule has 212 valence electrons. The quantitative estimate of drug-likeness (QED) is 0.308. The highest BCUT2D eigenvalue weighted by atomic mass is 19.1. The number of halogens is 1. The van der Waals surface area contributed by atoms with Crippen molar-refractivity contribution in [2.75, 3.05) is 31.7 Å². The molecule has 0 radical (unpaired) electrons. The number of benzene rings is 2. The SMILES string of the molecule is CN(c1nccc(-c2[nH]c(C3OCC(C)(CNC(=O)Cc4ccccc4)CO3)nc2-c2ccc(F)cc2)n1)C1CC1. The summed E-state index contributed by atoms with van der Waals surface area (Å²) >= 11 is 0. The zero-order valence-electron chi connectivity index (χ0n) is 23.1. The molecule has 2 fully saturated rings. The maximum Gasteiger partial charge on any atom is 0.225 e. The molecule has 3 heterocycles. The number of hydrogen-bond acceptors (Lipinski definition) is 7. The minimum atomic E-state index is -0.730. The van der Waals surface area contributed by atoms with Crippen molar-refractivity contribution >= 4 is 11.9 Å². The molecule has 2 aromatic heterocycles. The summed E-state index contributed by atoms with van der Waals surface area (Å²) < 4.78 is 26.0. The van der Waals surface area contributed by atoms with Gasteiger partial charge >= 0.3 is 0 Å². The molecule has 6 rings (SSSR count). The molecule has 9 nitrogen and oxygen atoms in total. The van der Waals surface area contributed by atoms with Crippen molar-refractivity contribution in [3.63, 3.8) is 0 Å². The summed E-state index contributed by atoms with van der Waals surface area (Å²) in [5.74, 6) is 0.762. The maximum atomic E-state index is 13.7. The third-order valence-corrected chi connectivity index (χ3v) is 7.46. The van der Waals surface area contributed by atoms with Gasteiger partial charge in [0.15, 0.2) is 5.82 Å². The molecule has 0 unspecified atom stereocenters. The van der Waals surface area contributed by atoms with Crippen LogP contribution in [0.1, 0.15) is 37.4 Å². The molecular formula is C31H33FN6O3. The highest BCUT2D eigenvalue weighted by Crippen LogP contribution is 2.36.